The van der Waals surface area contributed by atoms with E-state index in [4.69, 9.17) is 22.1 Å². The molecule has 0 fully saturated rings. The molecule has 0 amide bonds. The first kappa shape index (κ1) is 16.1. The van der Waals surface area contributed by atoms with Gasteiger partial charge >= 0.3 is 0 Å². The highest BCUT2D eigenvalue weighted by Gasteiger charge is 2.12. The lowest BCUT2D eigenvalue weighted by atomic mass is 10.1. The minimum absolute atomic E-state index is 0.00554. The number of aryl methyl sites for hydroxylation is 1. The molecule has 2 aromatic carbocycles. The molecule has 0 bridgehead atoms. The first-order chi connectivity index (χ1) is 10.0. The van der Waals surface area contributed by atoms with Crippen molar-refractivity contribution in [3.63, 3.8) is 0 Å². The van der Waals surface area contributed by atoms with E-state index in [2.05, 4.69) is 21.2 Å². The number of benzene rings is 2. The lowest BCUT2D eigenvalue weighted by molar-refractivity contribution is 0.412. The van der Waals surface area contributed by atoms with Gasteiger partial charge in [0.15, 0.2) is 0 Å². The fraction of sp³-hybridized carbons (Fsp3) is 0.250. The van der Waals surface area contributed by atoms with Crippen LogP contribution >= 0.6 is 27.5 Å². The molecule has 1 unspecified atom stereocenters. The summed E-state index contributed by atoms with van der Waals surface area (Å²) in [4.78, 5) is 0. The second-order valence-corrected chi connectivity index (χ2v) is 6.05. The SMILES string of the molecule is COc1ccc(C(CN)Nc2ccc(C)c(Cl)c2)cc1Br. The molecule has 5 heteroatoms. The molecule has 3 nitrogen and oxygen atoms in total. The normalized spacial score (nSPS) is 12.0. The number of halogens is 2. The minimum Gasteiger partial charge on any atom is -0.496 e. The summed E-state index contributed by atoms with van der Waals surface area (Å²) in [5.74, 6) is 0.799. The van der Waals surface area contributed by atoms with E-state index in [1.54, 1.807) is 7.11 Å². The first-order valence-electron chi connectivity index (χ1n) is 6.61. The highest BCUT2D eigenvalue weighted by atomic mass is 79.9. The van der Waals surface area contributed by atoms with Gasteiger partial charge in [-0.15, -0.1) is 0 Å². The molecule has 0 saturated carbocycles. The van der Waals surface area contributed by atoms with Crippen LogP contribution in [0.15, 0.2) is 40.9 Å². The van der Waals surface area contributed by atoms with Crippen LogP contribution in [0.5, 0.6) is 5.75 Å². The van der Waals surface area contributed by atoms with Crippen LogP contribution in [-0.4, -0.2) is 13.7 Å². The first-order valence-corrected chi connectivity index (χ1v) is 7.78. The summed E-state index contributed by atoms with van der Waals surface area (Å²) in [5.41, 5.74) is 8.99. The van der Waals surface area contributed by atoms with Crippen molar-refractivity contribution < 1.29 is 4.74 Å². The molecule has 0 spiro atoms. The van der Waals surface area contributed by atoms with Crippen LogP contribution < -0.4 is 15.8 Å². The number of ether oxygens (including phenoxy) is 1. The second kappa shape index (κ2) is 7.16. The van der Waals surface area contributed by atoms with Gasteiger partial charge < -0.3 is 15.8 Å². The summed E-state index contributed by atoms with van der Waals surface area (Å²) in [6.07, 6.45) is 0. The van der Waals surface area contributed by atoms with Crippen LogP contribution in [0, 0.1) is 6.92 Å². The summed E-state index contributed by atoms with van der Waals surface area (Å²) in [5, 5.41) is 4.15. The lowest BCUT2D eigenvalue weighted by Gasteiger charge is -2.20. The fourth-order valence-electron chi connectivity index (χ4n) is 2.06. The van der Waals surface area contributed by atoms with Crippen LogP contribution in [0.2, 0.25) is 5.02 Å². The van der Waals surface area contributed by atoms with E-state index in [-0.39, 0.29) is 6.04 Å². The van der Waals surface area contributed by atoms with Gasteiger partial charge in [0.05, 0.1) is 17.6 Å². The highest BCUT2D eigenvalue weighted by molar-refractivity contribution is 9.10. The van der Waals surface area contributed by atoms with Crippen molar-refractivity contribution in [2.45, 2.75) is 13.0 Å². The molecule has 21 heavy (non-hydrogen) atoms. The Labute approximate surface area is 138 Å². The Hall–Kier alpha value is -1.23. The van der Waals surface area contributed by atoms with Crippen LogP contribution in [0.4, 0.5) is 5.69 Å². The van der Waals surface area contributed by atoms with Crippen LogP contribution in [0.25, 0.3) is 0 Å². The van der Waals surface area contributed by atoms with Crippen LogP contribution in [0.3, 0.4) is 0 Å². The van der Waals surface area contributed by atoms with Gasteiger partial charge in [0, 0.05) is 17.3 Å². The maximum atomic E-state index is 6.16. The average Bonchev–Trinajstić information content (AvgIpc) is 2.48. The molecule has 0 saturated heterocycles. The van der Waals surface area contributed by atoms with Gasteiger partial charge in [-0.3, -0.25) is 0 Å². The predicted octanol–water partition coefficient (Wildman–Crippen LogP) is 4.53. The molecule has 0 aromatic heterocycles. The maximum absolute atomic E-state index is 6.16. The molecule has 0 heterocycles. The maximum Gasteiger partial charge on any atom is 0.133 e. The second-order valence-electron chi connectivity index (χ2n) is 4.79. The predicted molar refractivity (Wildman–Crippen MR) is 92.3 cm³/mol. The van der Waals surface area contributed by atoms with Crippen molar-refractivity contribution in [3.05, 3.63) is 57.0 Å². The minimum atomic E-state index is 0.00554. The van der Waals surface area contributed by atoms with Crippen molar-refractivity contribution in [1.82, 2.24) is 0 Å². The van der Waals surface area contributed by atoms with Crippen molar-refractivity contribution in [3.8, 4) is 5.75 Å². The van der Waals surface area contributed by atoms with E-state index in [1.807, 2.05) is 43.3 Å². The lowest BCUT2D eigenvalue weighted by Crippen LogP contribution is -2.20. The Morgan fingerprint density at radius 2 is 2.05 bits per heavy atom. The van der Waals surface area contributed by atoms with Gasteiger partial charge in [-0.1, -0.05) is 23.7 Å². The molecular formula is C16H18BrClN2O. The van der Waals surface area contributed by atoms with Crippen molar-refractivity contribution in [1.29, 1.82) is 0 Å². The van der Waals surface area contributed by atoms with E-state index in [0.717, 1.165) is 32.1 Å². The zero-order valence-corrected chi connectivity index (χ0v) is 14.3. The van der Waals surface area contributed by atoms with E-state index in [9.17, 15) is 0 Å². The number of methoxy groups -OCH3 is 1. The van der Waals surface area contributed by atoms with Gasteiger partial charge in [0.1, 0.15) is 5.75 Å². The highest BCUT2D eigenvalue weighted by Crippen LogP contribution is 2.30. The molecule has 0 aliphatic carbocycles. The third-order valence-electron chi connectivity index (χ3n) is 3.33. The van der Waals surface area contributed by atoms with E-state index < -0.39 is 0 Å². The molecule has 0 aliphatic heterocycles. The van der Waals surface area contributed by atoms with Gasteiger partial charge in [-0.25, -0.2) is 0 Å². The Bertz CT molecular complexity index is 634. The number of anilines is 1. The van der Waals surface area contributed by atoms with E-state index in [0.29, 0.717) is 6.54 Å². The van der Waals surface area contributed by atoms with Gasteiger partial charge in [0.25, 0.3) is 0 Å². The number of nitrogens with one attached hydrogen (secondary N) is 1. The summed E-state index contributed by atoms with van der Waals surface area (Å²) in [7, 11) is 1.65. The Morgan fingerprint density at radius 1 is 1.29 bits per heavy atom. The molecule has 112 valence electrons. The topological polar surface area (TPSA) is 47.3 Å². The summed E-state index contributed by atoms with van der Waals surface area (Å²) >= 11 is 9.65. The number of nitrogens with two attached hydrogens (primary N) is 1. The summed E-state index contributed by atoms with van der Waals surface area (Å²) < 4.78 is 6.15. The molecule has 0 aliphatic rings. The number of hydrogen-bond donors (Lipinski definition) is 2. The Balaban J connectivity index is 2.23. The largest absolute Gasteiger partial charge is 0.496 e. The monoisotopic (exact) mass is 368 g/mol. The molecule has 2 aromatic rings. The quantitative estimate of drug-likeness (QED) is 0.814. The third-order valence-corrected chi connectivity index (χ3v) is 4.35. The molecular weight excluding hydrogens is 352 g/mol. The van der Waals surface area contributed by atoms with Crippen LogP contribution in [-0.2, 0) is 0 Å². The van der Waals surface area contributed by atoms with Gasteiger partial charge in [-0.05, 0) is 58.2 Å². The third kappa shape index (κ3) is 3.90. The standard InChI is InChI=1S/C16H18BrClN2O/c1-10-3-5-12(8-14(10)18)20-15(9-19)11-4-6-16(21-2)13(17)7-11/h3-8,15,20H,9,19H2,1-2H3. The van der Waals surface area contributed by atoms with Crippen molar-refractivity contribution in [2.24, 2.45) is 5.73 Å². The summed E-state index contributed by atoms with van der Waals surface area (Å²) in [6.45, 7) is 2.46. The zero-order valence-electron chi connectivity index (χ0n) is 12.0. The van der Waals surface area contributed by atoms with Gasteiger partial charge in [-0.2, -0.15) is 0 Å². The van der Waals surface area contributed by atoms with Crippen LogP contribution in [0.1, 0.15) is 17.2 Å². The smallest absolute Gasteiger partial charge is 0.133 e. The van der Waals surface area contributed by atoms with Gasteiger partial charge in [0.2, 0.25) is 0 Å². The zero-order chi connectivity index (χ0) is 15.4. The van der Waals surface area contributed by atoms with Crippen molar-refractivity contribution in [2.75, 3.05) is 19.0 Å². The van der Waals surface area contributed by atoms with E-state index in [1.165, 1.54) is 0 Å². The average molecular weight is 370 g/mol. The molecule has 1 atom stereocenters. The van der Waals surface area contributed by atoms with E-state index >= 15 is 0 Å². The molecule has 3 N–H and O–H groups in total. The number of hydrogen-bond acceptors (Lipinski definition) is 3. The summed E-state index contributed by atoms with van der Waals surface area (Å²) in [6, 6.07) is 11.9. The Morgan fingerprint density at radius 3 is 2.62 bits per heavy atom. The molecule has 2 rings (SSSR count). The molecule has 0 radical (unpaired) electrons. The fourth-order valence-corrected chi connectivity index (χ4v) is 2.80. The number of rotatable bonds is 5. The Kier molecular flexibility index (Phi) is 5.51. The van der Waals surface area contributed by atoms with Crippen molar-refractivity contribution >= 4 is 33.2 Å².